The number of hydrogen-bond donors (Lipinski definition) is 0. The lowest BCUT2D eigenvalue weighted by Crippen LogP contribution is -2.52. The molecule has 0 aromatic rings. The smallest absolute Gasteiger partial charge is 0.305 e. The molecule has 4 rings (SSSR count). The first-order valence-electron chi connectivity index (χ1n) is 12.7. The Morgan fingerprint density at radius 1 is 1.16 bits per heavy atom. The van der Waals surface area contributed by atoms with Gasteiger partial charge in [0.2, 0.25) is 0 Å². The van der Waals surface area contributed by atoms with Gasteiger partial charge in [0.1, 0.15) is 6.10 Å². The van der Waals surface area contributed by atoms with Gasteiger partial charge in [-0.1, -0.05) is 31.9 Å². The average Bonchev–Trinajstić information content (AvgIpc) is 3.18. The first kappa shape index (κ1) is 22.9. The van der Waals surface area contributed by atoms with Gasteiger partial charge in [-0.3, -0.25) is 9.59 Å². The van der Waals surface area contributed by atoms with Crippen molar-refractivity contribution >= 4 is 11.9 Å². The number of carbonyl (C=O) groups is 2. The van der Waals surface area contributed by atoms with E-state index in [2.05, 4.69) is 20.8 Å². The van der Waals surface area contributed by atoms with Crippen LogP contribution in [-0.2, 0) is 19.1 Å². The number of fused-ring (bicyclic) bond motifs is 5. The molecule has 0 radical (unpaired) electrons. The average molecular weight is 431 g/mol. The lowest BCUT2D eigenvalue weighted by molar-refractivity contribution is -0.156. The van der Waals surface area contributed by atoms with Gasteiger partial charge in [0.25, 0.3) is 0 Å². The van der Waals surface area contributed by atoms with Crippen LogP contribution in [0.25, 0.3) is 0 Å². The molecule has 0 bridgehead atoms. The Labute approximate surface area is 188 Å². The highest BCUT2D eigenvalue weighted by Crippen LogP contribution is 2.64. The standard InChI is InChI=1S/C27H42O4/c1-16(6-11-25(29)30-5)21-9-10-23-22-8-7-19-15-20(31-18(3)28)12-13-27(19,4)24(22)14-17(2)26(21)23/h16-17,19-20,22-24H,6-15H2,1-5H3. The highest BCUT2D eigenvalue weighted by atomic mass is 16.5. The van der Waals surface area contributed by atoms with Crippen molar-refractivity contribution in [1.82, 2.24) is 0 Å². The molecule has 8 atom stereocenters. The molecule has 8 unspecified atom stereocenters. The number of ether oxygens (including phenoxy) is 2. The van der Waals surface area contributed by atoms with Gasteiger partial charge in [0.15, 0.2) is 0 Å². The molecule has 0 N–H and O–H groups in total. The molecular formula is C27H42O4. The molecule has 4 nitrogen and oxygen atoms in total. The molecule has 0 saturated heterocycles. The lowest BCUT2D eigenvalue weighted by atomic mass is 9.46. The van der Waals surface area contributed by atoms with E-state index in [0.29, 0.717) is 29.6 Å². The maximum absolute atomic E-state index is 11.7. The predicted molar refractivity (Wildman–Crippen MR) is 121 cm³/mol. The molecule has 0 aromatic heterocycles. The van der Waals surface area contributed by atoms with Crippen molar-refractivity contribution < 1.29 is 19.1 Å². The molecule has 4 heteroatoms. The van der Waals surface area contributed by atoms with Crippen molar-refractivity contribution in [2.75, 3.05) is 7.11 Å². The Hall–Kier alpha value is -1.32. The van der Waals surface area contributed by atoms with Crippen LogP contribution in [0, 0.1) is 40.9 Å². The minimum absolute atomic E-state index is 0.0839. The van der Waals surface area contributed by atoms with Crippen molar-refractivity contribution in [1.29, 1.82) is 0 Å². The largest absolute Gasteiger partial charge is 0.469 e. The Bertz CT molecular complexity index is 740. The van der Waals surface area contributed by atoms with Crippen LogP contribution < -0.4 is 0 Å². The Balaban J connectivity index is 1.50. The van der Waals surface area contributed by atoms with Crippen LogP contribution in [0.15, 0.2) is 11.1 Å². The van der Waals surface area contributed by atoms with Gasteiger partial charge in [0, 0.05) is 13.3 Å². The van der Waals surface area contributed by atoms with Crippen LogP contribution in [0.4, 0.5) is 0 Å². The number of rotatable bonds is 5. The second-order valence-corrected chi connectivity index (χ2v) is 11.3. The van der Waals surface area contributed by atoms with Gasteiger partial charge in [-0.15, -0.1) is 0 Å². The number of carbonyl (C=O) groups excluding carboxylic acids is 2. The number of hydrogen-bond acceptors (Lipinski definition) is 4. The van der Waals surface area contributed by atoms with Gasteiger partial charge < -0.3 is 9.47 Å². The minimum atomic E-state index is -0.122. The summed E-state index contributed by atoms with van der Waals surface area (Å²) in [5, 5.41) is 0. The normalized spacial score (nSPS) is 40.4. The van der Waals surface area contributed by atoms with E-state index in [9.17, 15) is 9.59 Å². The van der Waals surface area contributed by atoms with Gasteiger partial charge in [-0.2, -0.15) is 0 Å². The fourth-order valence-corrected chi connectivity index (χ4v) is 8.29. The summed E-state index contributed by atoms with van der Waals surface area (Å²) in [5.74, 6) is 4.02. The van der Waals surface area contributed by atoms with E-state index in [0.717, 1.165) is 37.0 Å². The van der Waals surface area contributed by atoms with E-state index in [1.54, 1.807) is 18.1 Å². The molecule has 0 spiro atoms. The van der Waals surface area contributed by atoms with Crippen molar-refractivity contribution in [3.05, 3.63) is 11.1 Å². The molecule has 3 saturated carbocycles. The Kier molecular flexibility index (Phi) is 6.57. The van der Waals surface area contributed by atoms with Gasteiger partial charge in [0.05, 0.1) is 7.11 Å². The van der Waals surface area contributed by atoms with Gasteiger partial charge >= 0.3 is 11.9 Å². The van der Waals surface area contributed by atoms with Crippen LogP contribution in [0.5, 0.6) is 0 Å². The van der Waals surface area contributed by atoms with E-state index < -0.39 is 0 Å². The fraction of sp³-hybridized carbons (Fsp3) is 0.852. The molecule has 0 heterocycles. The summed E-state index contributed by atoms with van der Waals surface area (Å²) >= 11 is 0. The molecule has 4 aliphatic rings. The summed E-state index contributed by atoms with van der Waals surface area (Å²) in [6, 6.07) is 0. The van der Waals surface area contributed by atoms with E-state index >= 15 is 0 Å². The first-order chi connectivity index (χ1) is 14.7. The highest BCUT2D eigenvalue weighted by Gasteiger charge is 2.56. The first-order valence-corrected chi connectivity index (χ1v) is 12.7. The second-order valence-electron chi connectivity index (χ2n) is 11.3. The number of esters is 2. The van der Waals surface area contributed by atoms with Crippen molar-refractivity contribution in [3.63, 3.8) is 0 Å². The summed E-state index contributed by atoms with van der Waals surface area (Å²) in [7, 11) is 1.49. The molecule has 174 valence electrons. The molecule has 0 aromatic carbocycles. The lowest BCUT2D eigenvalue weighted by Gasteiger charge is -2.59. The number of methoxy groups -OCH3 is 1. The molecule has 0 aliphatic heterocycles. The summed E-state index contributed by atoms with van der Waals surface area (Å²) in [6.45, 7) is 8.90. The van der Waals surface area contributed by atoms with Crippen LogP contribution in [-0.4, -0.2) is 25.2 Å². The topological polar surface area (TPSA) is 52.6 Å². The molecule has 31 heavy (non-hydrogen) atoms. The number of allylic oxidation sites excluding steroid dienone is 2. The molecular weight excluding hydrogens is 388 g/mol. The highest BCUT2D eigenvalue weighted by molar-refractivity contribution is 5.69. The SMILES string of the molecule is COC(=O)CCC(C)C1=C2C(C)CC3C(CCC4CC(OC(C)=O)CCC43C)C2CC1. The maximum atomic E-state index is 11.7. The summed E-state index contributed by atoms with van der Waals surface area (Å²) < 4.78 is 10.5. The van der Waals surface area contributed by atoms with Crippen LogP contribution in [0.2, 0.25) is 0 Å². The van der Waals surface area contributed by atoms with E-state index in [-0.39, 0.29) is 18.0 Å². The van der Waals surface area contributed by atoms with E-state index in [4.69, 9.17) is 9.47 Å². The van der Waals surface area contributed by atoms with Crippen molar-refractivity contribution in [3.8, 4) is 0 Å². The Morgan fingerprint density at radius 2 is 1.94 bits per heavy atom. The van der Waals surface area contributed by atoms with Crippen LogP contribution >= 0.6 is 0 Å². The fourth-order valence-electron chi connectivity index (χ4n) is 8.29. The van der Waals surface area contributed by atoms with Crippen LogP contribution in [0.1, 0.15) is 91.9 Å². The summed E-state index contributed by atoms with van der Waals surface area (Å²) in [4.78, 5) is 23.1. The van der Waals surface area contributed by atoms with Crippen molar-refractivity contribution in [2.45, 2.75) is 98.0 Å². The van der Waals surface area contributed by atoms with E-state index in [1.165, 1.54) is 45.6 Å². The zero-order chi connectivity index (χ0) is 22.3. The summed E-state index contributed by atoms with van der Waals surface area (Å²) in [5.41, 5.74) is 3.85. The minimum Gasteiger partial charge on any atom is -0.469 e. The summed E-state index contributed by atoms with van der Waals surface area (Å²) in [6.07, 6.45) is 11.4. The van der Waals surface area contributed by atoms with Gasteiger partial charge in [-0.25, -0.2) is 0 Å². The third-order valence-corrected chi connectivity index (χ3v) is 9.78. The molecule has 4 aliphatic carbocycles. The molecule has 3 fully saturated rings. The zero-order valence-electron chi connectivity index (χ0n) is 20.2. The maximum Gasteiger partial charge on any atom is 0.305 e. The van der Waals surface area contributed by atoms with E-state index in [1.807, 2.05) is 0 Å². The monoisotopic (exact) mass is 430 g/mol. The van der Waals surface area contributed by atoms with Gasteiger partial charge in [-0.05, 0) is 98.7 Å². The van der Waals surface area contributed by atoms with Crippen molar-refractivity contribution in [2.24, 2.45) is 40.9 Å². The third kappa shape index (κ3) is 4.20. The van der Waals surface area contributed by atoms with Crippen LogP contribution in [0.3, 0.4) is 0 Å². The predicted octanol–water partition coefficient (Wildman–Crippen LogP) is 6.09. The zero-order valence-corrected chi connectivity index (χ0v) is 20.2. The molecule has 0 amide bonds. The Morgan fingerprint density at radius 3 is 2.65 bits per heavy atom. The quantitative estimate of drug-likeness (QED) is 0.391. The second kappa shape index (κ2) is 8.90. The third-order valence-electron chi connectivity index (χ3n) is 9.78.